The van der Waals surface area contributed by atoms with Crippen LogP contribution in [0.1, 0.15) is 33.1 Å². The lowest BCUT2D eigenvalue weighted by Crippen LogP contribution is -2.48. The number of carboxylic acid groups (broad SMARTS) is 1. The van der Waals surface area contributed by atoms with Crippen molar-refractivity contribution in [2.24, 2.45) is 5.92 Å². The van der Waals surface area contributed by atoms with Gasteiger partial charge in [-0.05, 0) is 25.3 Å². The maximum atomic E-state index is 11.5. The molecule has 1 saturated heterocycles. The summed E-state index contributed by atoms with van der Waals surface area (Å²) in [6.45, 7) is 4.71. The SMILES string of the molecule is CCC1CCN(CCS(=O)(=O)CC)C(C(=O)O)C1. The average molecular weight is 277 g/mol. The molecule has 0 saturated carbocycles. The van der Waals surface area contributed by atoms with Gasteiger partial charge in [0.05, 0.1) is 5.75 Å². The van der Waals surface area contributed by atoms with E-state index < -0.39 is 21.8 Å². The van der Waals surface area contributed by atoms with Gasteiger partial charge < -0.3 is 5.11 Å². The van der Waals surface area contributed by atoms with Gasteiger partial charge in [0.15, 0.2) is 9.84 Å². The van der Waals surface area contributed by atoms with Crippen LogP contribution in [0.2, 0.25) is 0 Å². The van der Waals surface area contributed by atoms with Crippen molar-refractivity contribution in [2.75, 3.05) is 24.6 Å². The minimum absolute atomic E-state index is 0.0596. The van der Waals surface area contributed by atoms with Crippen LogP contribution in [0.15, 0.2) is 0 Å². The van der Waals surface area contributed by atoms with Gasteiger partial charge in [-0.15, -0.1) is 0 Å². The molecule has 106 valence electrons. The Morgan fingerprint density at radius 2 is 2.06 bits per heavy atom. The van der Waals surface area contributed by atoms with Gasteiger partial charge in [0.2, 0.25) is 0 Å². The number of aliphatic carboxylic acids is 1. The summed E-state index contributed by atoms with van der Waals surface area (Å²) in [7, 11) is -3.02. The quantitative estimate of drug-likeness (QED) is 0.784. The molecule has 0 radical (unpaired) electrons. The maximum absolute atomic E-state index is 11.5. The van der Waals surface area contributed by atoms with E-state index in [2.05, 4.69) is 6.92 Å². The standard InChI is InChI=1S/C12H23NO4S/c1-3-10-5-6-13(11(9-10)12(14)15)7-8-18(16,17)4-2/h10-11H,3-9H2,1-2H3,(H,14,15). The van der Waals surface area contributed by atoms with E-state index in [1.54, 1.807) is 6.92 Å². The summed E-state index contributed by atoms with van der Waals surface area (Å²) < 4.78 is 22.9. The molecule has 0 aromatic heterocycles. The molecule has 1 rings (SSSR count). The van der Waals surface area contributed by atoms with Crippen molar-refractivity contribution in [1.82, 2.24) is 4.90 Å². The third kappa shape index (κ3) is 4.24. The van der Waals surface area contributed by atoms with Gasteiger partial charge in [-0.1, -0.05) is 20.3 Å². The van der Waals surface area contributed by atoms with Crippen molar-refractivity contribution in [3.8, 4) is 0 Å². The van der Waals surface area contributed by atoms with Crippen LogP contribution in [0, 0.1) is 5.92 Å². The molecule has 1 fully saturated rings. The Morgan fingerprint density at radius 3 is 2.56 bits per heavy atom. The van der Waals surface area contributed by atoms with Crippen LogP contribution in [0.5, 0.6) is 0 Å². The van der Waals surface area contributed by atoms with Crippen molar-refractivity contribution in [2.45, 2.75) is 39.2 Å². The van der Waals surface area contributed by atoms with Gasteiger partial charge in [-0.25, -0.2) is 8.42 Å². The van der Waals surface area contributed by atoms with Crippen molar-refractivity contribution >= 4 is 15.8 Å². The summed E-state index contributed by atoms with van der Waals surface area (Å²) in [6.07, 6.45) is 2.59. The van der Waals surface area contributed by atoms with Crippen LogP contribution < -0.4 is 0 Å². The molecule has 2 atom stereocenters. The zero-order valence-electron chi connectivity index (χ0n) is 11.1. The number of hydrogen-bond acceptors (Lipinski definition) is 4. The molecule has 0 bridgehead atoms. The summed E-state index contributed by atoms with van der Waals surface area (Å²) in [6, 6.07) is -0.518. The van der Waals surface area contributed by atoms with Crippen molar-refractivity contribution in [3.63, 3.8) is 0 Å². The molecular formula is C12H23NO4S. The largest absolute Gasteiger partial charge is 0.480 e. The first kappa shape index (κ1) is 15.4. The molecular weight excluding hydrogens is 254 g/mol. The van der Waals surface area contributed by atoms with E-state index in [0.717, 1.165) is 12.8 Å². The zero-order valence-corrected chi connectivity index (χ0v) is 11.9. The first-order valence-corrected chi connectivity index (χ1v) is 8.39. The van der Waals surface area contributed by atoms with E-state index >= 15 is 0 Å². The summed E-state index contributed by atoms with van der Waals surface area (Å²) in [5.41, 5.74) is 0. The van der Waals surface area contributed by atoms with Crippen molar-refractivity contribution < 1.29 is 18.3 Å². The number of carbonyl (C=O) groups is 1. The van der Waals surface area contributed by atoms with Crippen molar-refractivity contribution in [3.05, 3.63) is 0 Å². The normalized spacial score (nSPS) is 26.1. The summed E-state index contributed by atoms with van der Waals surface area (Å²) in [5.74, 6) is -0.201. The molecule has 1 aliphatic rings. The highest BCUT2D eigenvalue weighted by Crippen LogP contribution is 2.25. The number of piperidine rings is 1. The fourth-order valence-electron chi connectivity index (χ4n) is 2.38. The van der Waals surface area contributed by atoms with Gasteiger partial charge in [-0.2, -0.15) is 0 Å². The predicted molar refractivity (Wildman–Crippen MR) is 70.3 cm³/mol. The van der Waals surface area contributed by atoms with Crippen LogP contribution in [0.25, 0.3) is 0 Å². The van der Waals surface area contributed by atoms with Crippen LogP contribution >= 0.6 is 0 Å². The highest BCUT2D eigenvalue weighted by Gasteiger charge is 2.32. The molecule has 1 aliphatic heterocycles. The minimum Gasteiger partial charge on any atom is -0.480 e. The maximum Gasteiger partial charge on any atom is 0.320 e. The number of likely N-dealkylation sites (tertiary alicyclic amines) is 1. The fourth-order valence-corrected chi connectivity index (χ4v) is 3.18. The van der Waals surface area contributed by atoms with Gasteiger partial charge in [0.1, 0.15) is 6.04 Å². The smallest absolute Gasteiger partial charge is 0.320 e. The molecule has 5 nitrogen and oxygen atoms in total. The Hall–Kier alpha value is -0.620. The number of sulfone groups is 1. The van der Waals surface area contributed by atoms with E-state index in [-0.39, 0.29) is 11.5 Å². The second-order valence-corrected chi connectivity index (χ2v) is 7.40. The summed E-state index contributed by atoms with van der Waals surface area (Å²) in [4.78, 5) is 13.0. The molecule has 2 unspecified atom stereocenters. The van der Waals surface area contributed by atoms with Gasteiger partial charge in [-0.3, -0.25) is 9.69 Å². The topological polar surface area (TPSA) is 74.7 Å². The molecule has 18 heavy (non-hydrogen) atoms. The van der Waals surface area contributed by atoms with E-state index in [1.165, 1.54) is 0 Å². The molecule has 0 amide bonds. The molecule has 6 heteroatoms. The lowest BCUT2D eigenvalue weighted by atomic mass is 9.89. The van der Waals surface area contributed by atoms with Gasteiger partial charge >= 0.3 is 5.97 Å². The predicted octanol–water partition coefficient (Wildman–Crippen LogP) is 0.996. The third-order valence-electron chi connectivity index (χ3n) is 3.81. The van der Waals surface area contributed by atoms with E-state index in [9.17, 15) is 18.3 Å². The third-order valence-corrected chi connectivity index (χ3v) is 5.50. The summed E-state index contributed by atoms with van der Waals surface area (Å²) in [5, 5.41) is 9.22. The number of carboxylic acids is 1. The monoisotopic (exact) mass is 277 g/mol. The molecule has 0 aliphatic carbocycles. The highest BCUT2D eigenvalue weighted by molar-refractivity contribution is 7.91. The Kier molecular flexibility index (Phi) is 5.59. The number of rotatable bonds is 6. The molecule has 1 N–H and O–H groups in total. The second kappa shape index (κ2) is 6.52. The Labute approximate surface area is 109 Å². The molecule has 0 aromatic carbocycles. The molecule has 1 heterocycles. The highest BCUT2D eigenvalue weighted by atomic mass is 32.2. The Bertz CT molecular complexity index is 380. The van der Waals surface area contributed by atoms with Crippen LogP contribution in [-0.4, -0.2) is 55.0 Å². The lowest BCUT2D eigenvalue weighted by Gasteiger charge is -2.36. The summed E-state index contributed by atoms with van der Waals surface area (Å²) >= 11 is 0. The minimum atomic E-state index is -3.02. The van der Waals surface area contributed by atoms with Crippen LogP contribution in [-0.2, 0) is 14.6 Å². The first-order valence-electron chi connectivity index (χ1n) is 6.56. The molecule has 0 aromatic rings. The second-order valence-electron chi connectivity index (χ2n) is 4.93. The Balaban J connectivity index is 2.61. The van der Waals surface area contributed by atoms with Crippen LogP contribution in [0.4, 0.5) is 0 Å². The van der Waals surface area contributed by atoms with E-state index in [0.29, 0.717) is 25.4 Å². The molecule has 0 spiro atoms. The first-order chi connectivity index (χ1) is 8.39. The van der Waals surface area contributed by atoms with E-state index in [4.69, 9.17) is 0 Å². The zero-order chi connectivity index (χ0) is 13.8. The average Bonchev–Trinajstić information content (AvgIpc) is 2.36. The fraction of sp³-hybridized carbons (Fsp3) is 0.917. The Morgan fingerprint density at radius 1 is 1.39 bits per heavy atom. The van der Waals surface area contributed by atoms with Gasteiger partial charge in [0, 0.05) is 12.3 Å². The number of hydrogen-bond donors (Lipinski definition) is 1. The van der Waals surface area contributed by atoms with Crippen molar-refractivity contribution in [1.29, 1.82) is 0 Å². The van der Waals surface area contributed by atoms with Crippen LogP contribution in [0.3, 0.4) is 0 Å². The van der Waals surface area contributed by atoms with E-state index in [1.807, 2.05) is 4.90 Å². The van der Waals surface area contributed by atoms with Gasteiger partial charge in [0.25, 0.3) is 0 Å². The number of nitrogens with zero attached hydrogens (tertiary/aromatic N) is 1. The lowest BCUT2D eigenvalue weighted by molar-refractivity contribution is -0.145.